The van der Waals surface area contributed by atoms with Gasteiger partial charge in [-0.2, -0.15) is 0 Å². The van der Waals surface area contributed by atoms with E-state index in [1.54, 1.807) is 18.2 Å². The molecule has 5 nitrogen and oxygen atoms in total. The molecule has 0 spiro atoms. The highest BCUT2D eigenvalue weighted by Gasteiger charge is 2.10. The van der Waals surface area contributed by atoms with Crippen molar-refractivity contribution in [2.75, 3.05) is 11.9 Å². The third kappa shape index (κ3) is 5.53. The van der Waals surface area contributed by atoms with Gasteiger partial charge in [-0.25, -0.2) is 9.97 Å². The van der Waals surface area contributed by atoms with Crippen molar-refractivity contribution >= 4 is 29.1 Å². The molecule has 2 rings (SSSR count). The topological polar surface area (TPSA) is 66.9 Å². The number of halogens is 1. The summed E-state index contributed by atoms with van der Waals surface area (Å²) in [5.74, 6) is 0.751. The maximum Gasteiger partial charge on any atom is 0.270 e. The van der Waals surface area contributed by atoms with E-state index >= 15 is 0 Å². The first-order chi connectivity index (χ1) is 10.9. The molecule has 0 aliphatic rings. The van der Waals surface area contributed by atoms with E-state index in [0.717, 1.165) is 17.8 Å². The van der Waals surface area contributed by atoms with Crippen LogP contribution >= 0.6 is 11.6 Å². The van der Waals surface area contributed by atoms with Crippen molar-refractivity contribution in [3.63, 3.8) is 0 Å². The predicted molar refractivity (Wildman–Crippen MR) is 93.3 cm³/mol. The summed E-state index contributed by atoms with van der Waals surface area (Å²) in [7, 11) is 0. The lowest BCUT2D eigenvalue weighted by atomic mass is 10.1. The molecule has 0 bridgehead atoms. The zero-order chi connectivity index (χ0) is 16.8. The molecule has 0 radical (unpaired) electrons. The van der Waals surface area contributed by atoms with E-state index in [4.69, 9.17) is 11.6 Å². The lowest BCUT2D eigenvalue weighted by Crippen LogP contribution is -2.26. The first kappa shape index (κ1) is 17.2. The Bertz CT molecular complexity index is 671. The number of nitrogens with one attached hydrogen (secondary N) is 2. The molecule has 1 aromatic carbocycles. The second kappa shape index (κ2) is 7.92. The van der Waals surface area contributed by atoms with Gasteiger partial charge in [0.25, 0.3) is 5.91 Å². The van der Waals surface area contributed by atoms with Gasteiger partial charge in [0.15, 0.2) is 0 Å². The number of amides is 1. The number of carbonyl (C=O) groups is 1. The van der Waals surface area contributed by atoms with Crippen LogP contribution in [0.3, 0.4) is 0 Å². The Hall–Kier alpha value is -2.14. The number of aromatic nitrogens is 2. The predicted octanol–water partition coefficient (Wildman–Crippen LogP) is 3.96. The van der Waals surface area contributed by atoms with E-state index in [0.29, 0.717) is 29.1 Å². The summed E-state index contributed by atoms with van der Waals surface area (Å²) in [5.41, 5.74) is 1.90. The van der Waals surface area contributed by atoms with E-state index in [2.05, 4.69) is 34.4 Å². The fourth-order valence-electron chi connectivity index (χ4n) is 1.97. The van der Waals surface area contributed by atoms with Gasteiger partial charge >= 0.3 is 0 Å². The lowest BCUT2D eigenvalue weighted by molar-refractivity contribution is 0.0947. The van der Waals surface area contributed by atoms with Gasteiger partial charge in [-0.3, -0.25) is 4.79 Å². The standard InChI is InChI=1S/C17H21ClN4O/c1-11(2)8-9-19-16(23)15-10-12(3)20-17(22-15)21-14-6-4-13(18)5-7-14/h4-7,10-11H,8-9H2,1-3H3,(H,19,23)(H,20,21,22). The SMILES string of the molecule is Cc1cc(C(=O)NCCC(C)C)nc(Nc2ccc(Cl)cc2)n1. The van der Waals surface area contributed by atoms with Crippen LogP contribution in [-0.4, -0.2) is 22.4 Å². The van der Waals surface area contributed by atoms with Crippen molar-refractivity contribution in [2.45, 2.75) is 27.2 Å². The van der Waals surface area contributed by atoms with Gasteiger partial charge in [0.05, 0.1) is 0 Å². The van der Waals surface area contributed by atoms with Gasteiger partial charge in [-0.05, 0) is 49.6 Å². The van der Waals surface area contributed by atoms with Crippen LogP contribution in [0, 0.1) is 12.8 Å². The van der Waals surface area contributed by atoms with E-state index in [1.807, 2.05) is 19.1 Å². The molecular weight excluding hydrogens is 312 g/mol. The molecule has 0 unspecified atom stereocenters. The Kier molecular flexibility index (Phi) is 5.93. The number of rotatable bonds is 6. The summed E-state index contributed by atoms with van der Waals surface area (Å²) in [4.78, 5) is 20.8. The third-order valence-corrected chi connectivity index (χ3v) is 3.45. The number of aryl methyl sites for hydroxylation is 1. The van der Waals surface area contributed by atoms with Crippen LogP contribution in [0.25, 0.3) is 0 Å². The molecule has 122 valence electrons. The fourth-order valence-corrected chi connectivity index (χ4v) is 2.09. The number of hydrogen-bond donors (Lipinski definition) is 2. The van der Waals surface area contributed by atoms with Crippen molar-refractivity contribution in [1.29, 1.82) is 0 Å². The summed E-state index contributed by atoms with van der Waals surface area (Å²) in [6.45, 7) is 6.71. The highest BCUT2D eigenvalue weighted by molar-refractivity contribution is 6.30. The van der Waals surface area contributed by atoms with Crippen LogP contribution in [-0.2, 0) is 0 Å². The van der Waals surface area contributed by atoms with Crippen LogP contribution in [0.2, 0.25) is 5.02 Å². The highest BCUT2D eigenvalue weighted by atomic mass is 35.5. The molecule has 1 amide bonds. The molecule has 0 atom stereocenters. The molecule has 1 aromatic heterocycles. The number of benzene rings is 1. The van der Waals surface area contributed by atoms with Crippen molar-refractivity contribution in [3.05, 3.63) is 46.7 Å². The van der Waals surface area contributed by atoms with Gasteiger partial charge < -0.3 is 10.6 Å². The van der Waals surface area contributed by atoms with Crippen molar-refractivity contribution < 1.29 is 4.79 Å². The molecule has 0 aliphatic heterocycles. The van der Waals surface area contributed by atoms with Crippen LogP contribution in [0.4, 0.5) is 11.6 Å². The molecule has 0 fully saturated rings. The summed E-state index contributed by atoms with van der Waals surface area (Å²) in [6, 6.07) is 8.89. The molecule has 1 heterocycles. The van der Waals surface area contributed by atoms with Gasteiger partial charge in [0, 0.05) is 22.9 Å². The largest absolute Gasteiger partial charge is 0.351 e. The van der Waals surface area contributed by atoms with E-state index in [-0.39, 0.29) is 5.91 Å². The maximum atomic E-state index is 12.2. The van der Waals surface area contributed by atoms with Gasteiger partial charge in [-0.15, -0.1) is 0 Å². The quantitative estimate of drug-likeness (QED) is 0.840. The number of anilines is 2. The fraction of sp³-hybridized carbons (Fsp3) is 0.353. The van der Waals surface area contributed by atoms with E-state index in [1.165, 1.54) is 0 Å². The minimum Gasteiger partial charge on any atom is -0.351 e. The molecular formula is C17H21ClN4O. The summed E-state index contributed by atoms with van der Waals surface area (Å²) in [6.07, 6.45) is 0.936. The van der Waals surface area contributed by atoms with Crippen LogP contribution in [0.1, 0.15) is 36.5 Å². The molecule has 0 aliphatic carbocycles. The number of hydrogen-bond acceptors (Lipinski definition) is 4. The van der Waals surface area contributed by atoms with Gasteiger partial charge in [0.1, 0.15) is 5.69 Å². The Morgan fingerprint density at radius 2 is 1.91 bits per heavy atom. The molecule has 23 heavy (non-hydrogen) atoms. The summed E-state index contributed by atoms with van der Waals surface area (Å²) >= 11 is 5.87. The smallest absolute Gasteiger partial charge is 0.270 e. The van der Waals surface area contributed by atoms with Crippen LogP contribution in [0.15, 0.2) is 30.3 Å². The average molecular weight is 333 g/mol. The second-order valence-corrected chi connectivity index (χ2v) is 6.22. The zero-order valence-corrected chi connectivity index (χ0v) is 14.3. The zero-order valence-electron chi connectivity index (χ0n) is 13.6. The summed E-state index contributed by atoms with van der Waals surface area (Å²) < 4.78 is 0. The number of nitrogens with zero attached hydrogens (tertiary/aromatic N) is 2. The second-order valence-electron chi connectivity index (χ2n) is 5.79. The Morgan fingerprint density at radius 3 is 2.57 bits per heavy atom. The molecule has 6 heteroatoms. The molecule has 2 aromatic rings. The van der Waals surface area contributed by atoms with Crippen LogP contribution in [0.5, 0.6) is 0 Å². The van der Waals surface area contributed by atoms with Gasteiger partial charge in [-0.1, -0.05) is 25.4 Å². The van der Waals surface area contributed by atoms with Crippen molar-refractivity contribution in [3.8, 4) is 0 Å². The first-order valence-electron chi connectivity index (χ1n) is 7.60. The first-order valence-corrected chi connectivity index (χ1v) is 7.98. The Morgan fingerprint density at radius 1 is 1.22 bits per heavy atom. The third-order valence-electron chi connectivity index (χ3n) is 3.19. The van der Waals surface area contributed by atoms with Crippen molar-refractivity contribution in [1.82, 2.24) is 15.3 Å². The minimum atomic E-state index is -0.185. The highest BCUT2D eigenvalue weighted by Crippen LogP contribution is 2.17. The molecule has 0 saturated carbocycles. The Balaban J connectivity index is 2.08. The Labute approximate surface area is 141 Å². The monoisotopic (exact) mass is 332 g/mol. The number of carbonyl (C=O) groups excluding carboxylic acids is 1. The van der Waals surface area contributed by atoms with Crippen molar-refractivity contribution in [2.24, 2.45) is 5.92 Å². The average Bonchev–Trinajstić information content (AvgIpc) is 2.48. The van der Waals surface area contributed by atoms with E-state index in [9.17, 15) is 4.79 Å². The summed E-state index contributed by atoms with van der Waals surface area (Å²) in [5, 5.41) is 6.62. The van der Waals surface area contributed by atoms with Gasteiger partial charge in [0.2, 0.25) is 5.95 Å². The van der Waals surface area contributed by atoms with E-state index < -0.39 is 0 Å². The molecule has 0 saturated heterocycles. The minimum absolute atomic E-state index is 0.185. The maximum absolute atomic E-state index is 12.2. The molecule has 2 N–H and O–H groups in total. The normalized spacial score (nSPS) is 10.7. The van der Waals surface area contributed by atoms with Crippen LogP contribution < -0.4 is 10.6 Å². The lowest BCUT2D eigenvalue weighted by Gasteiger charge is -2.09.